The lowest BCUT2D eigenvalue weighted by Crippen LogP contribution is -2.45. The smallest absolute Gasteiger partial charge is 0.321 e. The second-order valence-corrected chi connectivity index (χ2v) is 4.40. The van der Waals surface area contributed by atoms with Gasteiger partial charge in [-0.1, -0.05) is 6.07 Å². The van der Waals surface area contributed by atoms with Gasteiger partial charge in [0.1, 0.15) is 0 Å². The van der Waals surface area contributed by atoms with Gasteiger partial charge in [-0.05, 0) is 38.6 Å². The first-order chi connectivity index (χ1) is 9.97. The summed E-state index contributed by atoms with van der Waals surface area (Å²) in [5.41, 5.74) is 0.766. The molecule has 1 atom stereocenters. The molecule has 0 spiro atoms. The minimum Gasteiger partial charge on any atom is -0.478 e. The first-order valence-corrected chi connectivity index (χ1v) is 6.66. The quantitative estimate of drug-likeness (QED) is 0.736. The van der Waals surface area contributed by atoms with E-state index in [2.05, 4.69) is 16.0 Å². The van der Waals surface area contributed by atoms with Crippen molar-refractivity contribution in [1.29, 1.82) is 0 Å². The molecule has 0 saturated heterocycles. The Morgan fingerprint density at radius 2 is 2.10 bits per heavy atom. The zero-order valence-electron chi connectivity index (χ0n) is 12.3. The zero-order chi connectivity index (χ0) is 15.8. The van der Waals surface area contributed by atoms with Gasteiger partial charge in [0.05, 0.1) is 0 Å². The van der Waals surface area contributed by atoms with E-state index in [1.165, 1.54) is 19.1 Å². The first kappa shape index (κ1) is 16.9. The molecule has 1 aromatic carbocycles. The van der Waals surface area contributed by atoms with E-state index in [0.29, 0.717) is 13.1 Å². The van der Waals surface area contributed by atoms with Crippen molar-refractivity contribution in [2.45, 2.75) is 26.5 Å². The summed E-state index contributed by atoms with van der Waals surface area (Å²) in [6.07, 6.45) is -0.989. The topological polar surface area (TPSA) is 79.5 Å². The summed E-state index contributed by atoms with van der Waals surface area (Å²) in [5, 5.41) is 7.43. The largest absolute Gasteiger partial charge is 0.478 e. The zero-order valence-corrected chi connectivity index (χ0v) is 12.3. The van der Waals surface area contributed by atoms with E-state index in [4.69, 9.17) is 4.74 Å². The van der Waals surface area contributed by atoms with Crippen LogP contribution >= 0.6 is 0 Å². The molecule has 0 aliphatic carbocycles. The van der Waals surface area contributed by atoms with E-state index in [1.54, 1.807) is 20.0 Å². The van der Waals surface area contributed by atoms with Crippen molar-refractivity contribution in [1.82, 2.24) is 16.0 Å². The fourth-order valence-electron chi connectivity index (χ4n) is 1.62. The number of benzene rings is 1. The highest BCUT2D eigenvalue weighted by molar-refractivity contribution is 5.96. The van der Waals surface area contributed by atoms with Gasteiger partial charge in [0, 0.05) is 13.1 Å². The Hall–Kier alpha value is -2.15. The number of ether oxygens (including phenoxy) is 1. The third kappa shape index (κ3) is 5.39. The van der Waals surface area contributed by atoms with Crippen LogP contribution in [0, 0.1) is 5.82 Å². The number of hydrogen-bond acceptors (Lipinski definition) is 4. The van der Waals surface area contributed by atoms with Gasteiger partial charge in [0.2, 0.25) is 0 Å². The number of nitrogens with one attached hydrogen (secondary N) is 3. The van der Waals surface area contributed by atoms with Crippen LogP contribution in [0.2, 0.25) is 0 Å². The predicted molar refractivity (Wildman–Crippen MR) is 76.5 cm³/mol. The number of urea groups is 1. The maximum Gasteiger partial charge on any atom is 0.321 e. The Morgan fingerprint density at radius 1 is 1.38 bits per heavy atom. The SMILES string of the molecule is CCNC(=O)NC(=O)C(C)Oc1ccc(CNC)cc1F. The fraction of sp³-hybridized carbons (Fsp3) is 0.429. The van der Waals surface area contributed by atoms with Crippen LogP contribution in [-0.4, -0.2) is 31.6 Å². The normalized spacial score (nSPS) is 11.6. The Bertz CT molecular complexity index is 508. The van der Waals surface area contributed by atoms with Gasteiger partial charge in [-0.3, -0.25) is 10.1 Å². The van der Waals surface area contributed by atoms with Crippen LogP contribution in [0.5, 0.6) is 5.75 Å². The molecule has 1 rings (SSSR count). The van der Waals surface area contributed by atoms with Crippen LogP contribution in [0.4, 0.5) is 9.18 Å². The number of hydrogen-bond donors (Lipinski definition) is 3. The summed E-state index contributed by atoms with van der Waals surface area (Å²) >= 11 is 0. The summed E-state index contributed by atoms with van der Waals surface area (Å²) in [7, 11) is 1.76. The monoisotopic (exact) mass is 297 g/mol. The molecule has 116 valence electrons. The molecule has 0 bridgehead atoms. The van der Waals surface area contributed by atoms with Gasteiger partial charge in [-0.25, -0.2) is 9.18 Å². The summed E-state index contributed by atoms with van der Waals surface area (Å²) in [4.78, 5) is 22.9. The van der Waals surface area contributed by atoms with E-state index in [-0.39, 0.29) is 5.75 Å². The molecule has 0 aliphatic rings. The van der Waals surface area contributed by atoms with Crippen LogP contribution < -0.4 is 20.7 Å². The van der Waals surface area contributed by atoms with Crippen LogP contribution in [-0.2, 0) is 11.3 Å². The highest BCUT2D eigenvalue weighted by Crippen LogP contribution is 2.19. The van der Waals surface area contributed by atoms with Crippen molar-refractivity contribution in [3.8, 4) is 5.75 Å². The van der Waals surface area contributed by atoms with Crippen LogP contribution in [0.3, 0.4) is 0 Å². The number of rotatable bonds is 6. The number of carbonyl (C=O) groups excluding carboxylic acids is 2. The lowest BCUT2D eigenvalue weighted by molar-refractivity contribution is -0.126. The molecular formula is C14H20FN3O3. The Labute approximate surface area is 123 Å². The van der Waals surface area contributed by atoms with E-state index in [9.17, 15) is 14.0 Å². The molecule has 0 fully saturated rings. The lowest BCUT2D eigenvalue weighted by Gasteiger charge is -2.15. The number of halogens is 1. The third-order valence-corrected chi connectivity index (χ3v) is 2.62. The van der Waals surface area contributed by atoms with Gasteiger partial charge >= 0.3 is 6.03 Å². The third-order valence-electron chi connectivity index (χ3n) is 2.62. The van der Waals surface area contributed by atoms with Crippen molar-refractivity contribution < 1.29 is 18.7 Å². The Balaban J connectivity index is 2.63. The van der Waals surface area contributed by atoms with Crippen molar-refractivity contribution in [2.75, 3.05) is 13.6 Å². The molecule has 3 amide bonds. The van der Waals surface area contributed by atoms with Crippen molar-refractivity contribution in [3.05, 3.63) is 29.6 Å². The van der Waals surface area contributed by atoms with Crippen LogP contribution in [0.1, 0.15) is 19.4 Å². The molecule has 0 radical (unpaired) electrons. The second kappa shape index (κ2) is 8.21. The molecule has 1 aromatic rings. The standard InChI is InChI=1S/C14H20FN3O3/c1-4-17-14(20)18-13(19)9(2)21-12-6-5-10(8-16-3)7-11(12)15/h5-7,9,16H,4,8H2,1-3H3,(H2,17,18,19,20). The first-order valence-electron chi connectivity index (χ1n) is 6.66. The number of carbonyl (C=O) groups is 2. The summed E-state index contributed by atoms with van der Waals surface area (Å²) < 4.78 is 19.0. The average Bonchev–Trinajstić information content (AvgIpc) is 2.42. The summed E-state index contributed by atoms with van der Waals surface area (Å²) in [6, 6.07) is 3.88. The molecule has 0 heterocycles. The van der Waals surface area contributed by atoms with Crippen molar-refractivity contribution >= 4 is 11.9 Å². The number of imide groups is 1. The molecular weight excluding hydrogens is 277 g/mol. The van der Waals surface area contributed by atoms with Gasteiger partial charge in [0.25, 0.3) is 5.91 Å². The molecule has 0 aromatic heterocycles. The molecule has 21 heavy (non-hydrogen) atoms. The summed E-state index contributed by atoms with van der Waals surface area (Å²) in [5.74, 6) is -1.23. The molecule has 3 N–H and O–H groups in total. The minimum atomic E-state index is -0.989. The Kier molecular flexibility index (Phi) is 6.61. The van der Waals surface area contributed by atoms with Gasteiger partial charge in [0.15, 0.2) is 17.7 Å². The fourth-order valence-corrected chi connectivity index (χ4v) is 1.62. The highest BCUT2D eigenvalue weighted by Gasteiger charge is 2.18. The van der Waals surface area contributed by atoms with Crippen LogP contribution in [0.15, 0.2) is 18.2 Å². The second-order valence-electron chi connectivity index (χ2n) is 4.40. The van der Waals surface area contributed by atoms with Crippen LogP contribution in [0.25, 0.3) is 0 Å². The number of amides is 3. The molecule has 1 unspecified atom stereocenters. The molecule has 7 heteroatoms. The molecule has 0 saturated carbocycles. The van der Waals surface area contributed by atoms with E-state index in [0.717, 1.165) is 5.56 Å². The van der Waals surface area contributed by atoms with Crippen molar-refractivity contribution in [2.24, 2.45) is 0 Å². The maximum atomic E-state index is 13.8. The Morgan fingerprint density at radius 3 is 2.67 bits per heavy atom. The predicted octanol–water partition coefficient (Wildman–Crippen LogP) is 1.16. The lowest BCUT2D eigenvalue weighted by atomic mass is 10.2. The van der Waals surface area contributed by atoms with Crippen molar-refractivity contribution in [3.63, 3.8) is 0 Å². The van der Waals surface area contributed by atoms with E-state index < -0.39 is 23.9 Å². The van der Waals surface area contributed by atoms with Gasteiger partial charge < -0.3 is 15.4 Å². The van der Waals surface area contributed by atoms with E-state index in [1.807, 2.05) is 0 Å². The average molecular weight is 297 g/mol. The molecule has 6 nitrogen and oxygen atoms in total. The maximum absolute atomic E-state index is 13.8. The molecule has 0 aliphatic heterocycles. The van der Waals surface area contributed by atoms with Gasteiger partial charge in [-0.15, -0.1) is 0 Å². The highest BCUT2D eigenvalue weighted by atomic mass is 19.1. The van der Waals surface area contributed by atoms with Gasteiger partial charge in [-0.2, -0.15) is 0 Å². The van der Waals surface area contributed by atoms with E-state index >= 15 is 0 Å². The minimum absolute atomic E-state index is 0.0339. The summed E-state index contributed by atoms with van der Waals surface area (Å²) in [6.45, 7) is 4.10.